The molecule has 0 spiro atoms. The Labute approximate surface area is 161 Å². The van der Waals surface area contributed by atoms with E-state index in [2.05, 4.69) is 5.32 Å². The zero-order valence-electron chi connectivity index (χ0n) is 14.5. The maximum Gasteiger partial charge on any atom is 0.341 e. The van der Waals surface area contributed by atoms with Crippen molar-refractivity contribution in [3.05, 3.63) is 45.3 Å². The third-order valence-corrected chi connectivity index (χ3v) is 5.65. The van der Waals surface area contributed by atoms with Crippen molar-refractivity contribution in [1.82, 2.24) is 0 Å². The molecular weight excluding hydrogens is 374 g/mol. The van der Waals surface area contributed by atoms with Crippen LogP contribution in [0.25, 0.3) is 0 Å². The Morgan fingerprint density at radius 2 is 2.00 bits per heavy atom. The molecule has 1 N–H and O–H groups in total. The Morgan fingerprint density at radius 1 is 1.23 bits per heavy atom. The molecule has 1 aromatic carbocycles. The smallest absolute Gasteiger partial charge is 0.341 e. The van der Waals surface area contributed by atoms with Gasteiger partial charge in [-0.1, -0.05) is 11.6 Å². The first-order chi connectivity index (χ1) is 12.6. The van der Waals surface area contributed by atoms with Crippen molar-refractivity contribution >= 4 is 39.8 Å². The van der Waals surface area contributed by atoms with Gasteiger partial charge in [0.1, 0.15) is 10.8 Å². The fourth-order valence-electron chi connectivity index (χ4n) is 2.95. The number of nitrogens with one attached hydrogen (secondary N) is 1. The third-order valence-electron chi connectivity index (χ3n) is 4.19. The number of methoxy groups -OCH3 is 1. The minimum absolute atomic E-state index is 0.130. The van der Waals surface area contributed by atoms with Crippen molar-refractivity contribution in [2.75, 3.05) is 19.0 Å². The molecule has 3 rings (SSSR count). The standard InChI is InChI=1S/C19H20ClNO4S/c1-24-19(23)17-14-4-2-5-15(14)26-18(17)21-16(22)6-3-11-25-13-9-7-12(20)8-10-13/h7-10H,2-6,11H2,1H3,(H,21,22). The van der Waals surface area contributed by atoms with E-state index in [4.69, 9.17) is 21.1 Å². The van der Waals surface area contributed by atoms with Crippen LogP contribution in [0.15, 0.2) is 24.3 Å². The Morgan fingerprint density at radius 3 is 2.73 bits per heavy atom. The summed E-state index contributed by atoms with van der Waals surface area (Å²) in [5.41, 5.74) is 1.55. The molecule has 0 aliphatic heterocycles. The molecule has 0 saturated heterocycles. The number of rotatable bonds is 7. The number of benzene rings is 1. The SMILES string of the molecule is COC(=O)c1c(NC(=O)CCCOc2ccc(Cl)cc2)sc2c1CCC2. The van der Waals surface area contributed by atoms with Gasteiger partial charge in [0.15, 0.2) is 0 Å². The summed E-state index contributed by atoms with van der Waals surface area (Å²) in [5.74, 6) is 0.207. The molecule has 7 heteroatoms. The summed E-state index contributed by atoms with van der Waals surface area (Å²) >= 11 is 7.31. The lowest BCUT2D eigenvalue weighted by Gasteiger charge is -2.08. The number of anilines is 1. The summed E-state index contributed by atoms with van der Waals surface area (Å²) in [6.45, 7) is 0.430. The highest BCUT2D eigenvalue weighted by Crippen LogP contribution is 2.39. The molecule has 0 atom stereocenters. The lowest BCUT2D eigenvalue weighted by atomic mass is 10.1. The molecule has 0 radical (unpaired) electrons. The summed E-state index contributed by atoms with van der Waals surface area (Å²) < 4.78 is 10.5. The average Bonchev–Trinajstić information content (AvgIpc) is 3.20. The Bertz CT molecular complexity index is 801. The maximum absolute atomic E-state index is 12.2. The highest BCUT2D eigenvalue weighted by molar-refractivity contribution is 7.17. The van der Waals surface area contributed by atoms with Gasteiger partial charge in [0.25, 0.3) is 0 Å². The molecule has 0 fully saturated rings. The normalized spacial score (nSPS) is 12.5. The predicted molar refractivity (Wildman–Crippen MR) is 102 cm³/mol. The van der Waals surface area contributed by atoms with Crippen LogP contribution < -0.4 is 10.1 Å². The molecule has 0 unspecified atom stereocenters. The molecule has 1 heterocycles. The van der Waals surface area contributed by atoms with Gasteiger partial charge in [-0.15, -0.1) is 11.3 Å². The van der Waals surface area contributed by atoms with E-state index in [9.17, 15) is 9.59 Å². The fraction of sp³-hybridized carbons (Fsp3) is 0.368. The molecule has 5 nitrogen and oxygen atoms in total. The van der Waals surface area contributed by atoms with Gasteiger partial charge < -0.3 is 14.8 Å². The van der Waals surface area contributed by atoms with Crippen LogP contribution in [0.3, 0.4) is 0 Å². The average molecular weight is 394 g/mol. The van der Waals surface area contributed by atoms with Crippen LogP contribution in [-0.2, 0) is 22.4 Å². The maximum atomic E-state index is 12.2. The molecule has 1 aliphatic rings. The Hall–Kier alpha value is -2.05. The first-order valence-electron chi connectivity index (χ1n) is 8.49. The molecule has 0 bridgehead atoms. The van der Waals surface area contributed by atoms with Crippen LogP contribution in [0, 0.1) is 0 Å². The lowest BCUT2D eigenvalue weighted by molar-refractivity contribution is -0.116. The number of thiophene rings is 1. The zero-order valence-corrected chi connectivity index (χ0v) is 16.0. The number of carbonyl (C=O) groups excluding carboxylic acids is 2. The summed E-state index contributed by atoms with van der Waals surface area (Å²) in [5, 5.41) is 4.12. The van der Waals surface area contributed by atoms with E-state index in [-0.39, 0.29) is 11.9 Å². The van der Waals surface area contributed by atoms with Gasteiger partial charge in [-0.3, -0.25) is 4.79 Å². The van der Waals surface area contributed by atoms with Crippen molar-refractivity contribution < 1.29 is 19.1 Å². The number of hydrogen-bond acceptors (Lipinski definition) is 5. The number of halogens is 1. The Kier molecular flexibility index (Phi) is 6.16. The highest BCUT2D eigenvalue weighted by atomic mass is 35.5. The summed E-state index contributed by atoms with van der Waals surface area (Å²) in [6.07, 6.45) is 3.75. The van der Waals surface area contributed by atoms with Crippen LogP contribution in [0.4, 0.5) is 5.00 Å². The third kappa shape index (κ3) is 4.37. The second kappa shape index (κ2) is 8.56. The summed E-state index contributed by atoms with van der Waals surface area (Å²) in [6, 6.07) is 7.10. The van der Waals surface area contributed by atoms with Crippen molar-refractivity contribution in [1.29, 1.82) is 0 Å². The first kappa shape index (κ1) is 18.7. The van der Waals surface area contributed by atoms with Crippen molar-refractivity contribution in [3.63, 3.8) is 0 Å². The summed E-state index contributed by atoms with van der Waals surface area (Å²) in [7, 11) is 1.36. The number of esters is 1. The molecule has 1 aliphatic carbocycles. The van der Waals surface area contributed by atoms with Crippen LogP contribution in [0.2, 0.25) is 5.02 Å². The van der Waals surface area contributed by atoms with E-state index in [0.717, 1.165) is 30.6 Å². The molecule has 0 saturated carbocycles. The van der Waals surface area contributed by atoms with Gasteiger partial charge in [-0.2, -0.15) is 0 Å². The van der Waals surface area contributed by atoms with Gasteiger partial charge in [0.2, 0.25) is 5.91 Å². The van der Waals surface area contributed by atoms with Crippen LogP contribution in [0.1, 0.15) is 40.1 Å². The molecule has 26 heavy (non-hydrogen) atoms. The van der Waals surface area contributed by atoms with E-state index >= 15 is 0 Å². The minimum Gasteiger partial charge on any atom is -0.494 e. The van der Waals surface area contributed by atoms with Crippen molar-refractivity contribution in [2.45, 2.75) is 32.1 Å². The van der Waals surface area contributed by atoms with Gasteiger partial charge >= 0.3 is 5.97 Å². The number of ether oxygens (including phenoxy) is 2. The minimum atomic E-state index is -0.384. The zero-order chi connectivity index (χ0) is 18.5. The van der Waals surface area contributed by atoms with E-state index < -0.39 is 0 Å². The highest BCUT2D eigenvalue weighted by Gasteiger charge is 2.27. The van der Waals surface area contributed by atoms with E-state index in [1.54, 1.807) is 24.3 Å². The second-order valence-corrected chi connectivity index (χ2v) is 7.55. The molecular formula is C19H20ClNO4S. The molecule has 138 valence electrons. The summed E-state index contributed by atoms with van der Waals surface area (Å²) in [4.78, 5) is 25.5. The van der Waals surface area contributed by atoms with Gasteiger partial charge in [0, 0.05) is 16.3 Å². The number of aryl methyl sites for hydroxylation is 1. The van der Waals surface area contributed by atoms with Crippen LogP contribution in [0.5, 0.6) is 5.75 Å². The number of carbonyl (C=O) groups is 2. The fourth-order valence-corrected chi connectivity index (χ4v) is 4.37. The first-order valence-corrected chi connectivity index (χ1v) is 9.69. The molecule has 1 aromatic heterocycles. The Balaban J connectivity index is 1.52. The number of amides is 1. The van der Waals surface area contributed by atoms with Gasteiger partial charge in [0.05, 0.1) is 19.3 Å². The largest absolute Gasteiger partial charge is 0.494 e. The predicted octanol–water partition coefficient (Wildman–Crippen LogP) is 4.47. The van der Waals surface area contributed by atoms with E-state index in [1.807, 2.05) is 0 Å². The number of hydrogen-bond donors (Lipinski definition) is 1. The van der Waals surface area contributed by atoms with E-state index in [0.29, 0.717) is 35.0 Å². The molecule has 2 aromatic rings. The van der Waals surface area contributed by atoms with Crippen LogP contribution in [-0.4, -0.2) is 25.6 Å². The lowest BCUT2D eigenvalue weighted by Crippen LogP contribution is -2.15. The quantitative estimate of drug-likeness (QED) is 0.556. The van der Waals surface area contributed by atoms with Gasteiger partial charge in [-0.05, 0) is 55.5 Å². The van der Waals surface area contributed by atoms with Gasteiger partial charge in [-0.25, -0.2) is 4.79 Å². The van der Waals surface area contributed by atoms with Crippen molar-refractivity contribution in [3.8, 4) is 5.75 Å². The monoisotopic (exact) mass is 393 g/mol. The topological polar surface area (TPSA) is 64.6 Å². The second-order valence-electron chi connectivity index (χ2n) is 6.01. The van der Waals surface area contributed by atoms with Crippen LogP contribution >= 0.6 is 22.9 Å². The molecule has 1 amide bonds. The van der Waals surface area contributed by atoms with Crippen molar-refractivity contribution in [2.24, 2.45) is 0 Å². The van der Waals surface area contributed by atoms with E-state index in [1.165, 1.54) is 23.3 Å². The number of fused-ring (bicyclic) bond motifs is 1.